The predicted octanol–water partition coefficient (Wildman–Crippen LogP) is 2.14. The van der Waals surface area contributed by atoms with Crippen molar-refractivity contribution in [2.75, 3.05) is 31.1 Å². The fourth-order valence-electron chi connectivity index (χ4n) is 2.86. The molecule has 2 aromatic rings. The van der Waals surface area contributed by atoms with E-state index in [0.717, 1.165) is 11.3 Å². The van der Waals surface area contributed by atoms with Gasteiger partial charge in [0.05, 0.1) is 5.56 Å². The van der Waals surface area contributed by atoms with Crippen LogP contribution in [0, 0.1) is 25.2 Å². The van der Waals surface area contributed by atoms with Crippen molar-refractivity contribution in [1.82, 2.24) is 9.29 Å². The Labute approximate surface area is 146 Å². The summed E-state index contributed by atoms with van der Waals surface area (Å²) in [6, 6.07) is 7.48. The highest BCUT2D eigenvalue weighted by Gasteiger charge is 2.30. The van der Waals surface area contributed by atoms with E-state index in [4.69, 9.17) is 0 Å². The fraction of sp³-hybridized carbons (Fsp3) is 0.375. The summed E-state index contributed by atoms with van der Waals surface area (Å²) in [6.45, 7) is 5.62. The Balaban J connectivity index is 1.81. The van der Waals surface area contributed by atoms with Gasteiger partial charge >= 0.3 is 0 Å². The first-order valence-corrected chi connectivity index (χ1v) is 9.92. The molecule has 3 heterocycles. The fourth-order valence-corrected chi connectivity index (χ4v) is 5.43. The highest BCUT2D eigenvalue weighted by atomic mass is 32.2. The first kappa shape index (κ1) is 16.9. The average molecular weight is 362 g/mol. The number of aromatic nitrogens is 1. The van der Waals surface area contributed by atoms with Crippen molar-refractivity contribution in [1.29, 1.82) is 5.26 Å². The van der Waals surface area contributed by atoms with Gasteiger partial charge in [-0.2, -0.15) is 9.57 Å². The summed E-state index contributed by atoms with van der Waals surface area (Å²) in [5.41, 5.74) is 2.32. The van der Waals surface area contributed by atoms with E-state index in [0.29, 0.717) is 41.8 Å². The van der Waals surface area contributed by atoms with E-state index in [-0.39, 0.29) is 0 Å². The third-order valence-corrected chi connectivity index (χ3v) is 7.34. The maximum absolute atomic E-state index is 12.6. The van der Waals surface area contributed by atoms with Crippen LogP contribution < -0.4 is 4.90 Å². The Kier molecular flexibility index (Phi) is 4.58. The number of sulfonamides is 1. The van der Waals surface area contributed by atoms with Crippen LogP contribution in [0.4, 0.5) is 5.82 Å². The van der Waals surface area contributed by atoms with Gasteiger partial charge in [-0.25, -0.2) is 13.4 Å². The molecular formula is C16H18N4O2S2. The summed E-state index contributed by atoms with van der Waals surface area (Å²) in [5, 5.41) is 11.2. The molecular weight excluding hydrogens is 344 g/mol. The number of nitrogens with zero attached hydrogens (tertiary/aromatic N) is 4. The first-order chi connectivity index (χ1) is 11.4. The van der Waals surface area contributed by atoms with E-state index in [1.54, 1.807) is 17.5 Å². The van der Waals surface area contributed by atoms with Gasteiger partial charge in [-0.05, 0) is 36.9 Å². The topological polar surface area (TPSA) is 77.3 Å². The number of aryl methyl sites for hydroxylation is 2. The summed E-state index contributed by atoms with van der Waals surface area (Å²) >= 11 is 1.23. The van der Waals surface area contributed by atoms with Gasteiger partial charge in [0.1, 0.15) is 16.1 Å². The summed E-state index contributed by atoms with van der Waals surface area (Å²) in [5.74, 6) is 0.656. The maximum atomic E-state index is 12.6. The van der Waals surface area contributed by atoms with Gasteiger partial charge in [-0.15, -0.1) is 11.3 Å². The van der Waals surface area contributed by atoms with Gasteiger partial charge in [0, 0.05) is 31.9 Å². The Morgan fingerprint density at radius 1 is 1.25 bits per heavy atom. The van der Waals surface area contributed by atoms with Crippen molar-refractivity contribution in [3.63, 3.8) is 0 Å². The van der Waals surface area contributed by atoms with Gasteiger partial charge in [-0.3, -0.25) is 0 Å². The Hall–Kier alpha value is -1.95. The Bertz CT molecular complexity index is 878. The third-order valence-electron chi connectivity index (χ3n) is 4.06. The van der Waals surface area contributed by atoms with Crippen LogP contribution in [0.2, 0.25) is 0 Å². The molecule has 3 rings (SSSR count). The minimum absolute atomic E-state index is 0.373. The summed E-state index contributed by atoms with van der Waals surface area (Å²) in [7, 11) is -3.42. The molecule has 0 saturated carbocycles. The molecule has 0 bridgehead atoms. The quantitative estimate of drug-likeness (QED) is 0.836. The normalized spacial score (nSPS) is 16.1. The number of thiophene rings is 1. The van der Waals surface area contributed by atoms with Crippen molar-refractivity contribution >= 4 is 27.2 Å². The van der Waals surface area contributed by atoms with Gasteiger partial charge in [0.2, 0.25) is 0 Å². The lowest BCUT2D eigenvalue weighted by Crippen LogP contribution is -2.49. The van der Waals surface area contributed by atoms with E-state index in [2.05, 4.69) is 11.1 Å². The van der Waals surface area contributed by atoms with Crippen LogP contribution in [-0.2, 0) is 10.0 Å². The van der Waals surface area contributed by atoms with Crippen LogP contribution in [0.1, 0.15) is 16.8 Å². The highest BCUT2D eigenvalue weighted by molar-refractivity contribution is 7.91. The summed E-state index contributed by atoms with van der Waals surface area (Å²) < 4.78 is 27.0. The molecule has 0 aromatic carbocycles. The average Bonchev–Trinajstić information content (AvgIpc) is 3.09. The summed E-state index contributed by atoms with van der Waals surface area (Å²) in [4.78, 5) is 6.50. The maximum Gasteiger partial charge on any atom is 0.252 e. The van der Waals surface area contributed by atoms with Crippen molar-refractivity contribution in [3.05, 3.63) is 40.4 Å². The predicted molar refractivity (Wildman–Crippen MR) is 93.7 cm³/mol. The van der Waals surface area contributed by atoms with Crippen LogP contribution in [0.25, 0.3) is 0 Å². The Morgan fingerprint density at radius 2 is 1.96 bits per heavy atom. The zero-order chi connectivity index (χ0) is 17.3. The molecule has 0 N–H and O–H groups in total. The molecule has 126 valence electrons. The third kappa shape index (κ3) is 3.02. The number of hydrogen-bond donors (Lipinski definition) is 0. The highest BCUT2D eigenvalue weighted by Crippen LogP contribution is 2.26. The van der Waals surface area contributed by atoms with Crippen LogP contribution in [0.15, 0.2) is 27.8 Å². The van der Waals surface area contributed by atoms with Crippen molar-refractivity contribution in [2.24, 2.45) is 0 Å². The van der Waals surface area contributed by atoms with Crippen LogP contribution >= 0.6 is 11.3 Å². The summed E-state index contributed by atoms with van der Waals surface area (Å²) in [6.07, 6.45) is 0. The number of hydrogen-bond acceptors (Lipinski definition) is 6. The number of piperazine rings is 1. The van der Waals surface area contributed by atoms with E-state index >= 15 is 0 Å². The molecule has 8 heteroatoms. The number of nitriles is 1. The Morgan fingerprint density at radius 3 is 2.54 bits per heavy atom. The molecule has 2 aromatic heterocycles. The zero-order valence-electron chi connectivity index (χ0n) is 13.6. The van der Waals surface area contributed by atoms with Crippen molar-refractivity contribution in [2.45, 2.75) is 18.1 Å². The lowest BCUT2D eigenvalue weighted by atomic mass is 10.1. The monoisotopic (exact) mass is 362 g/mol. The molecule has 1 fully saturated rings. The molecule has 6 nitrogen and oxygen atoms in total. The number of pyridine rings is 1. The van der Waals surface area contributed by atoms with Crippen molar-refractivity contribution < 1.29 is 8.42 Å². The SMILES string of the molecule is Cc1cc(C)c(C#N)c(N2CCN(S(=O)(=O)c3cccs3)CC2)n1. The van der Waals surface area contributed by atoms with Crippen LogP contribution in [0.3, 0.4) is 0 Å². The van der Waals surface area contributed by atoms with Crippen LogP contribution in [-0.4, -0.2) is 43.9 Å². The molecule has 1 aliphatic rings. The second-order valence-corrected chi connectivity index (χ2v) is 8.83. The lowest BCUT2D eigenvalue weighted by molar-refractivity contribution is 0.384. The van der Waals surface area contributed by atoms with Gasteiger partial charge < -0.3 is 4.90 Å². The van der Waals surface area contributed by atoms with Crippen LogP contribution in [0.5, 0.6) is 0 Å². The number of rotatable bonds is 3. The van der Waals surface area contributed by atoms with E-state index in [9.17, 15) is 13.7 Å². The zero-order valence-corrected chi connectivity index (χ0v) is 15.2. The lowest BCUT2D eigenvalue weighted by Gasteiger charge is -2.35. The molecule has 0 amide bonds. The second kappa shape index (κ2) is 6.51. The molecule has 0 atom stereocenters. The molecule has 1 saturated heterocycles. The first-order valence-electron chi connectivity index (χ1n) is 7.60. The standard InChI is InChI=1S/C16H18N4O2S2/c1-12-10-13(2)18-16(14(12)11-17)19-5-7-20(8-6-19)24(21,22)15-4-3-9-23-15/h3-4,9-10H,5-8H2,1-2H3. The van der Waals surface area contributed by atoms with Crippen molar-refractivity contribution in [3.8, 4) is 6.07 Å². The van der Waals surface area contributed by atoms with Gasteiger partial charge in [0.25, 0.3) is 10.0 Å². The van der Waals surface area contributed by atoms with E-state index in [1.807, 2.05) is 24.8 Å². The second-order valence-electron chi connectivity index (χ2n) is 5.71. The molecule has 24 heavy (non-hydrogen) atoms. The molecule has 1 aliphatic heterocycles. The van der Waals surface area contributed by atoms with E-state index in [1.165, 1.54) is 15.6 Å². The van der Waals surface area contributed by atoms with Gasteiger partial charge in [0.15, 0.2) is 0 Å². The molecule has 0 spiro atoms. The number of anilines is 1. The molecule has 0 aliphatic carbocycles. The minimum atomic E-state index is -3.42. The molecule has 0 unspecified atom stereocenters. The van der Waals surface area contributed by atoms with Gasteiger partial charge in [-0.1, -0.05) is 6.07 Å². The largest absolute Gasteiger partial charge is 0.353 e. The molecule has 0 radical (unpaired) electrons. The smallest absolute Gasteiger partial charge is 0.252 e. The van der Waals surface area contributed by atoms with E-state index < -0.39 is 10.0 Å². The minimum Gasteiger partial charge on any atom is -0.353 e.